The zero-order valence-corrected chi connectivity index (χ0v) is 24.4. The standard InChI is InChI=1S/C27H33N5O6S2/c1-15-16(2)18(4)26(19(5)17(15)3)40(37,38)32-24(14-25(33)34)20-8-6-10-22(12-20)31-39(35,36)23-11-7-9-21(13-23)30-27(28)29/h6-13,24,31-32H,14H2,1-5H3,(H,33,34)(H4,28,29,30). The van der Waals surface area contributed by atoms with E-state index in [1.165, 1.54) is 48.5 Å². The molecule has 0 aliphatic heterocycles. The number of nitrogens with one attached hydrogen (secondary N) is 2. The molecular formula is C27H33N5O6S2. The fraction of sp³-hybridized carbons (Fsp3) is 0.259. The average Bonchev–Trinajstić information content (AvgIpc) is 2.85. The maximum absolute atomic E-state index is 13.6. The van der Waals surface area contributed by atoms with Crippen LogP contribution < -0.4 is 20.9 Å². The Morgan fingerprint density at radius 3 is 2.00 bits per heavy atom. The second-order valence-electron chi connectivity index (χ2n) is 9.49. The number of rotatable bonds is 10. The summed E-state index contributed by atoms with van der Waals surface area (Å²) >= 11 is 0. The van der Waals surface area contributed by atoms with Crippen LogP contribution in [0.4, 0.5) is 11.4 Å². The maximum atomic E-state index is 13.6. The lowest BCUT2D eigenvalue weighted by molar-refractivity contribution is -0.137. The SMILES string of the molecule is Cc1c(C)c(C)c(S(=O)(=O)NC(CC(=O)O)c2cccc(NS(=O)(=O)c3cccc(N=C(N)N)c3)c2)c(C)c1C. The van der Waals surface area contributed by atoms with Gasteiger partial charge in [-0.15, -0.1) is 0 Å². The third-order valence-corrected chi connectivity index (χ3v) is 9.93. The lowest BCUT2D eigenvalue weighted by atomic mass is 9.95. The van der Waals surface area contributed by atoms with Crippen molar-refractivity contribution in [3.05, 3.63) is 81.9 Å². The van der Waals surface area contributed by atoms with E-state index in [-0.39, 0.29) is 32.7 Å². The Morgan fingerprint density at radius 2 is 1.43 bits per heavy atom. The Balaban J connectivity index is 2.00. The van der Waals surface area contributed by atoms with Crippen LogP contribution in [0.15, 0.2) is 63.3 Å². The van der Waals surface area contributed by atoms with E-state index in [0.29, 0.717) is 11.1 Å². The number of nitrogens with zero attached hydrogens (tertiary/aromatic N) is 1. The lowest BCUT2D eigenvalue weighted by Gasteiger charge is -2.23. The molecule has 11 nitrogen and oxygen atoms in total. The molecule has 40 heavy (non-hydrogen) atoms. The first-order valence-corrected chi connectivity index (χ1v) is 15.1. The maximum Gasteiger partial charge on any atom is 0.305 e. The van der Waals surface area contributed by atoms with Gasteiger partial charge in [0.2, 0.25) is 10.0 Å². The van der Waals surface area contributed by atoms with E-state index < -0.39 is 38.5 Å². The van der Waals surface area contributed by atoms with Crippen molar-refractivity contribution < 1.29 is 26.7 Å². The quantitative estimate of drug-likeness (QED) is 0.176. The third kappa shape index (κ3) is 6.79. The number of aliphatic carboxylic acids is 1. The number of hydrogen-bond donors (Lipinski definition) is 5. The van der Waals surface area contributed by atoms with Gasteiger partial charge in [0.1, 0.15) is 0 Å². The molecule has 3 rings (SSSR count). The summed E-state index contributed by atoms with van der Waals surface area (Å²) in [4.78, 5) is 15.6. The average molecular weight is 588 g/mol. The predicted octanol–water partition coefficient (Wildman–Crippen LogP) is 3.43. The molecule has 0 aliphatic carbocycles. The van der Waals surface area contributed by atoms with E-state index in [0.717, 1.165) is 16.7 Å². The van der Waals surface area contributed by atoms with Crippen molar-refractivity contribution in [3.63, 3.8) is 0 Å². The van der Waals surface area contributed by atoms with Gasteiger partial charge in [-0.05, 0) is 98.3 Å². The normalized spacial score (nSPS) is 12.5. The van der Waals surface area contributed by atoms with Crippen molar-refractivity contribution >= 4 is 43.4 Å². The smallest absolute Gasteiger partial charge is 0.305 e. The van der Waals surface area contributed by atoms with Gasteiger partial charge in [0.25, 0.3) is 10.0 Å². The van der Waals surface area contributed by atoms with Crippen molar-refractivity contribution in [2.24, 2.45) is 16.5 Å². The highest BCUT2D eigenvalue weighted by atomic mass is 32.2. The molecule has 214 valence electrons. The van der Waals surface area contributed by atoms with Crippen LogP contribution in [0.5, 0.6) is 0 Å². The van der Waals surface area contributed by atoms with E-state index in [1.54, 1.807) is 13.8 Å². The Morgan fingerprint density at radius 1 is 0.850 bits per heavy atom. The molecule has 13 heteroatoms. The Bertz CT molecular complexity index is 1680. The minimum absolute atomic E-state index is 0.0982. The van der Waals surface area contributed by atoms with Crippen LogP contribution >= 0.6 is 0 Å². The number of aliphatic imine (C=N–C) groups is 1. The fourth-order valence-electron chi connectivity index (χ4n) is 4.42. The van der Waals surface area contributed by atoms with Crippen LogP contribution in [0.25, 0.3) is 0 Å². The summed E-state index contributed by atoms with van der Waals surface area (Å²) in [5, 5.41) is 9.56. The van der Waals surface area contributed by atoms with E-state index in [1.807, 2.05) is 20.8 Å². The number of carbonyl (C=O) groups is 1. The van der Waals surface area contributed by atoms with E-state index in [9.17, 15) is 26.7 Å². The number of carboxylic acid groups (broad SMARTS) is 1. The van der Waals surface area contributed by atoms with Crippen LogP contribution in [0.3, 0.4) is 0 Å². The van der Waals surface area contributed by atoms with Crippen LogP contribution in [0, 0.1) is 34.6 Å². The molecule has 0 amide bonds. The van der Waals surface area contributed by atoms with Gasteiger partial charge >= 0.3 is 5.97 Å². The molecule has 0 heterocycles. The molecule has 7 N–H and O–H groups in total. The van der Waals surface area contributed by atoms with Gasteiger partial charge in [-0.3, -0.25) is 9.52 Å². The van der Waals surface area contributed by atoms with Crippen LogP contribution in [-0.2, 0) is 24.8 Å². The molecule has 0 aliphatic rings. The molecule has 1 unspecified atom stereocenters. The van der Waals surface area contributed by atoms with Crippen molar-refractivity contribution in [2.45, 2.75) is 56.9 Å². The van der Waals surface area contributed by atoms with Gasteiger partial charge in [-0.2, -0.15) is 0 Å². The minimum atomic E-state index is -4.17. The zero-order valence-electron chi connectivity index (χ0n) is 22.8. The largest absolute Gasteiger partial charge is 0.481 e. The van der Waals surface area contributed by atoms with E-state index in [4.69, 9.17) is 11.5 Å². The summed E-state index contributed by atoms with van der Waals surface area (Å²) in [5.41, 5.74) is 15.2. The Labute approximate surface area is 234 Å². The predicted molar refractivity (Wildman–Crippen MR) is 155 cm³/mol. The molecule has 3 aromatic rings. The summed E-state index contributed by atoms with van der Waals surface area (Å²) in [5.74, 6) is -1.47. The Hall–Kier alpha value is -3.94. The highest BCUT2D eigenvalue weighted by Gasteiger charge is 2.28. The molecule has 0 aromatic heterocycles. The topological polar surface area (TPSA) is 194 Å². The van der Waals surface area contributed by atoms with Crippen LogP contribution in [-0.4, -0.2) is 33.9 Å². The van der Waals surface area contributed by atoms with Crippen molar-refractivity contribution in [1.29, 1.82) is 0 Å². The van der Waals surface area contributed by atoms with Crippen molar-refractivity contribution in [2.75, 3.05) is 4.72 Å². The summed E-state index contributed by atoms with van der Waals surface area (Å²) in [6.45, 7) is 9.03. The highest BCUT2D eigenvalue weighted by Crippen LogP contribution is 2.32. The molecule has 0 saturated heterocycles. The molecule has 0 saturated carbocycles. The number of hydrogen-bond acceptors (Lipinski definition) is 6. The lowest BCUT2D eigenvalue weighted by Crippen LogP contribution is -2.31. The third-order valence-electron chi connectivity index (χ3n) is 6.80. The summed E-state index contributed by atoms with van der Waals surface area (Å²) < 4.78 is 58.3. The second kappa shape index (κ2) is 11.7. The van der Waals surface area contributed by atoms with Gasteiger partial charge < -0.3 is 16.6 Å². The molecule has 0 fully saturated rings. The number of carboxylic acids is 1. The van der Waals surface area contributed by atoms with Gasteiger partial charge in [0.15, 0.2) is 5.96 Å². The first-order valence-electron chi connectivity index (χ1n) is 12.2. The number of nitrogens with two attached hydrogens (primary N) is 2. The number of guanidine groups is 1. The molecule has 0 spiro atoms. The van der Waals surface area contributed by atoms with Gasteiger partial charge in [-0.1, -0.05) is 18.2 Å². The molecule has 0 bridgehead atoms. The van der Waals surface area contributed by atoms with E-state index in [2.05, 4.69) is 14.4 Å². The van der Waals surface area contributed by atoms with Crippen molar-refractivity contribution in [3.8, 4) is 0 Å². The van der Waals surface area contributed by atoms with Crippen molar-refractivity contribution in [1.82, 2.24) is 4.72 Å². The first kappa shape index (κ1) is 30.6. The summed E-state index contributed by atoms with van der Waals surface area (Å²) in [7, 11) is -8.26. The van der Waals surface area contributed by atoms with Gasteiger partial charge in [0, 0.05) is 5.69 Å². The monoisotopic (exact) mass is 587 g/mol. The molecule has 3 aromatic carbocycles. The van der Waals surface area contributed by atoms with Gasteiger partial charge in [-0.25, -0.2) is 26.6 Å². The fourth-order valence-corrected chi connectivity index (χ4v) is 7.33. The minimum Gasteiger partial charge on any atom is -0.481 e. The van der Waals surface area contributed by atoms with Crippen LogP contribution in [0.1, 0.15) is 45.8 Å². The molecule has 1 atom stereocenters. The molecule has 0 radical (unpaired) electrons. The summed E-state index contributed by atoms with van der Waals surface area (Å²) in [6, 6.07) is 10.3. The Kier molecular flexibility index (Phi) is 8.92. The van der Waals surface area contributed by atoms with Crippen LogP contribution in [0.2, 0.25) is 0 Å². The molecular weight excluding hydrogens is 554 g/mol. The number of benzene rings is 3. The second-order valence-corrected chi connectivity index (χ2v) is 12.8. The number of anilines is 1. The zero-order chi connectivity index (χ0) is 30.0. The first-order chi connectivity index (χ1) is 18.5. The van der Waals surface area contributed by atoms with E-state index >= 15 is 0 Å². The number of sulfonamides is 2. The van der Waals surface area contributed by atoms with Gasteiger partial charge in [0.05, 0.1) is 27.9 Å². The summed E-state index contributed by atoms with van der Waals surface area (Å²) in [6.07, 6.45) is -0.572. The highest BCUT2D eigenvalue weighted by molar-refractivity contribution is 7.92.